The standard InChI is InChI=1S/C41H29Cl2F6N3O6/c1-58-24-9-6-19(7-10-24)39-29(36(55)52(38(39)57)50-31-13-8-22(42)17-30(31)43)18-28-25(34(39)26-4-2-3-5-32(26)53)11-12-27-33(28)37(56)51(35(27)54)23-15-20(40(44,45)46)14-21(16-23)41(47,48)49/h2-11,13-17,27-29,33-34,50,53H,12,18H2,1H3. The highest BCUT2D eigenvalue weighted by atomic mass is 35.5. The third kappa shape index (κ3) is 6.00. The quantitative estimate of drug-likeness (QED) is 0.113. The molecule has 300 valence electrons. The molecule has 6 unspecified atom stereocenters. The number of hydrogen-bond acceptors (Lipinski definition) is 7. The second kappa shape index (κ2) is 13.8. The van der Waals surface area contributed by atoms with Gasteiger partial charge in [-0.2, -0.15) is 31.4 Å². The first kappa shape index (κ1) is 39.3. The predicted octanol–water partition coefficient (Wildman–Crippen LogP) is 8.93. The number of benzene rings is 4. The summed E-state index contributed by atoms with van der Waals surface area (Å²) in [6.07, 6.45) is -9.35. The van der Waals surface area contributed by atoms with Gasteiger partial charge in [0.25, 0.3) is 11.8 Å². The lowest BCUT2D eigenvalue weighted by molar-refractivity contribution is -0.143. The molecule has 2 aliphatic heterocycles. The van der Waals surface area contributed by atoms with E-state index < -0.39 is 87.8 Å². The van der Waals surface area contributed by atoms with Gasteiger partial charge in [-0.15, -0.1) is 0 Å². The van der Waals surface area contributed by atoms with Crippen molar-refractivity contribution < 1.29 is 55.4 Å². The van der Waals surface area contributed by atoms with Crippen molar-refractivity contribution in [3.63, 3.8) is 0 Å². The largest absolute Gasteiger partial charge is 0.508 e. The smallest absolute Gasteiger partial charge is 0.416 e. The van der Waals surface area contributed by atoms with Crippen molar-refractivity contribution in [1.82, 2.24) is 5.01 Å². The molecule has 1 saturated carbocycles. The van der Waals surface area contributed by atoms with Crippen LogP contribution in [0.3, 0.4) is 0 Å². The lowest BCUT2D eigenvalue weighted by atomic mass is 9.49. The Morgan fingerprint density at radius 3 is 2.07 bits per heavy atom. The number of rotatable bonds is 6. The molecule has 3 fully saturated rings. The molecule has 0 bridgehead atoms. The Morgan fingerprint density at radius 2 is 1.47 bits per heavy atom. The van der Waals surface area contributed by atoms with E-state index in [1.165, 1.54) is 31.4 Å². The number of ether oxygens (including phenoxy) is 1. The van der Waals surface area contributed by atoms with Crippen molar-refractivity contribution in [3.8, 4) is 11.5 Å². The molecule has 58 heavy (non-hydrogen) atoms. The summed E-state index contributed by atoms with van der Waals surface area (Å²) in [7, 11) is 1.44. The van der Waals surface area contributed by atoms with Crippen molar-refractivity contribution in [2.75, 3.05) is 17.4 Å². The van der Waals surface area contributed by atoms with Crippen LogP contribution in [0.4, 0.5) is 37.7 Å². The van der Waals surface area contributed by atoms with Gasteiger partial charge >= 0.3 is 12.4 Å². The van der Waals surface area contributed by atoms with Crippen LogP contribution in [0, 0.1) is 23.7 Å². The van der Waals surface area contributed by atoms with Crippen molar-refractivity contribution in [3.05, 3.63) is 129 Å². The molecule has 2 N–H and O–H groups in total. The number of methoxy groups -OCH3 is 1. The van der Waals surface area contributed by atoms with Crippen molar-refractivity contribution in [2.45, 2.75) is 36.5 Å². The second-order valence-corrected chi connectivity index (χ2v) is 15.4. The van der Waals surface area contributed by atoms with E-state index in [4.69, 9.17) is 27.9 Å². The molecule has 6 atom stereocenters. The molecule has 4 aromatic carbocycles. The molecule has 2 saturated heterocycles. The summed E-state index contributed by atoms with van der Waals surface area (Å²) in [5.74, 6) is -9.63. The van der Waals surface area contributed by atoms with Gasteiger partial charge in [0.1, 0.15) is 11.5 Å². The normalized spacial score (nSPS) is 25.7. The summed E-state index contributed by atoms with van der Waals surface area (Å²) < 4.78 is 88.9. The van der Waals surface area contributed by atoms with Crippen molar-refractivity contribution in [2.24, 2.45) is 23.7 Å². The molecule has 4 aliphatic rings. The topological polar surface area (TPSA) is 116 Å². The van der Waals surface area contributed by atoms with Crippen LogP contribution in [0.25, 0.3) is 0 Å². The maximum atomic E-state index is 15.3. The second-order valence-electron chi connectivity index (χ2n) is 14.5. The highest BCUT2D eigenvalue weighted by Gasteiger charge is 2.70. The van der Waals surface area contributed by atoms with Crippen LogP contribution < -0.4 is 15.1 Å². The summed E-state index contributed by atoms with van der Waals surface area (Å²) in [5.41, 5.74) is -2.30. The molecule has 4 amide bonds. The van der Waals surface area contributed by atoms with E-state index in [1.54, 1.807) is 48.5 Å². The van der Waals surface area contributed by atoms with E-state index in [2.05, 4.69) is 5.43 Å². The molecular weight excluding hydrogens is 815 g/mol. The first-order valence-electron chi connectivity index (χ1n) is 17.8. The molecule has 2 aliphatic carbocycles. The van der Waals surface area contributed by atoms with E-state index in [0.29, 0.717) is 33.9 Å². The Bertz CT molecular complexity index is 2410. The van der Waals surface area contributed by atoms with Crippen LogP contribution in [0.15, 0.2) is 96.6 Å². The van der Waals surface area contributed by atoms with Gasteiger partial charge in [0.15, 0.2) is 0 Å². The van der Waals surface area contributed by atoms with Crippen LogP contribution in [-0.2, 0) is 36.9 Å². The number of para-hydroxylation sites is 1. The van der Waals surface area contributed by atoms with Gasteiger partial charge in [0, 0.05) is 16.5 Å². The SMILES string of the molecule is COc1ccc(C23C(=O)N(Nc4ccc(Cl)cc4Cl)C(=O)C2CC2C(=CCC4C(=O)N(c5cc(C(F)(F)F)cc(C(F)(F)F)c5)C(=O)C42)C3c2ccccc2O)cc1. The summed E-state index contributed by atoms with van der Waals surface area (Å²) in [4.78, 5) is 59.1. The van der Waals surface area contributed by atoms with Crippen molar-refractivity contribution >= 4 is 58.2 Å². The zero-order valence-electron chi connectivity index (χ0n) is 29.9. The van der Waals surface area contributed by atoms with Crippen LogP contribution >= 0.6 is 23.2 Å². The van der Waals surface area contributed by atoms with Crippen molar-refractivity contribution in [1.29, 1.82) is 0 Å². The number of nitrogens with zero attached hydrogens (tertiary/aromatic N) is 2. The number of carbonyl (C=O) groups excluding carboxylic acids is 4. The van der Waals surface area contributed by atoms with Crippen LogP contribution in [0.2, 0.25) is 10.0 Å². The number of alkyl halides is 6. The fraction of sp³-hybridized carbons (Fsp3) is 0.268. The lowest BCUT2D eigenvalue weighted by Gasteiger charge is -2.50. The zero-order chi connectivity index (χ0) is 41.6. The third-order valence-electron chi connectivity index (χ3n) is 11.7. The van der Waals surface area contributed by atoms with Crippen LogP contribution in [0.5, 0.6) is 11.5 Å². The van der Waals surface area contributed by atoms with E-state index >= 15 is 4.79 Å². The number of hydrogen-bond donors (Lipinski definition) is 2. The van der Waals surface area contributed by atoms with Gasteiger partial charge in [-0.05, 0) is 78.9 Å². The molecule has 0 radical (unpaired) electrons. The first-order valence-corrected chi connectivity index (χ1v) is 18.5. The Kier molecular flexibility index (Phi) is 9.35. The number of phenolic OH excluding ortho intramolecular Hbond substituents is 1. The number of halogens is 8. The predicted molar refractivity (Wildman–Crippen MR) is 198 cm³/mol. The van der Waals surface area contributed by atoms with Gasteiger partial charge < -0.3 is 9.84 Å². The van der Waals surface area contributed by atoms with Crippen LogP contribution in [-0.4, -0.2) is 40.9 Å². The number of aromatic hydroxyl groups is 1. The molecule has 8 rings (SSSR count). The number of hydrazine groups is 1. The number of imide groups is 2. The number of carbonyl (C=O) groups is 4. The van der Waals surface area contributed by atoms with Gasteiger partial charge in [0.05, 0.1) is 57.8 Å². The van der Waals surface area contributed by atoms with E-state index in [-0.39, 0.29) is 46.0 Å². The first-order chi connectivity index (χ1) is 27.4. The molecule has 17 heteroatoms. The summed E-state index contributed by atoms with van der Waals surface area (Å²) in [6, 6.07) is 17.3. The van der Waals surface area contributed by atoms with E-state index in [0.717, 1.165) is 5.01 Å². The number of nitrogens with one attached hydrogen (secondary N) is 1. The highest BCUT2D eigenvalue weighted by molar-refractivity contribution is 6.36. The number of phenols is 1. The minimum Gasteiger partial charge on any atom is -0.508 e. The lowest BCUT2D eigenvalue weighted by Crippen LogP contribution is -2.53. The number of anilines is 2. The average Bonchev–Trinajstić information content (AvgIpc) is 3.56. The Hall–Kier alpha value is -5.54. The summed E-state index contributed by atoms with van der Waals surface area (Å²) in [6.45, 7) is 0. The number of allylic oxidation sites excluding steroid dienone is 2. The van der Waals surface area contributed by atoms with Gasteiger partial charge in [0.2, 0.25) is 11.8 Å². The summed E-state index contributed by atoms with van der Waals surface area (Å²) >= 11 is 12.6. The Balaban J connectivity index is 1.31. The third-order valence-corrected chi connectivity index (χ3v) is 12.2. The van der Waals surface area contributed by atoms with Crippen LogP contribution in [0.1, 0.15) is 41.0 Å². The fourth-order valence-corrected chi connectivity index (χ4v) is 9.69. The Labute approximate surface area is 335 Å². The number of amides is 4. The average molecular weight is 845 g/mol. The van der Waals surface area contributed by atoms with E-state index in [9.17, 15) is 45.8 Å². The monoisotopic (exact) mass is 843 g/mol. The summed E-state index contributed by atoms with van der Waals surface area (Å²) in [5, 5.41) is 12.6. The molecular formula is C41H29Cl2F6N3O6. The molecule has 4 aromatic rings. The fourth-order valence-electron chi connectivity index (χ4n) is 9.24. The Morgan fingerprint density at radius 1 is 0.810 bits per heavy atom. The highest BCUT2D eigenvalue weighted by Crippen LogP contribution is 2.65. The van der Waals surface area contributed by atoms with Gasteiger partial charge in [-0.25, -0.2) is 4.90 Å². The van der Waals surface area contributed by atoms with Gasteiger partial charge in [-0.1, -0.05) is 65.2 Å². The molecule has 0 spiro atoms. The maximum absolute atomic E-state index is 15.3. The van der Waals surface area contributed by atoms with Gasteiger partial charge in [-0.3, -0.25) is 24.6 Å². The molecule has 9 nitrogen and oxygen atoms in total. The number of fused-ring (bicyclic) bond motifs is 4. The molecule has 2 heterocycles. The minimum atomic E-state index is -5.26. The zero-order valence-corrected chi connectivity index (χ0v) is 31.4. The minimum absolute atomic E-state index is 0.0661. The van der Waals surface area contributed by atoms with E-state index in [1.807, 2.05) is 0 Å². The maximum Gasteiger partial charge on any atom is 0.416 e. The molecule has 0 aromatic heterocycles.